The maximum absolute atomic E-state index is 3.58. The largest absolute Gasteiger partial charge is 0.312 e. The van der Waals surface area contributed by atoms with Crippen molar-refractivity contribution in [3.63, 3.8) is 0 Å². The Morgan fingerprint density at radius 3 is 3.24 bits per heavy atom. The lowest BCUT2D eigenvalue weighted by Gasteiger charge is -2.23. The van der Waals surface area contributed by atoms with Crippen LogP contribution in [0.3, 0.4) is 0 Å². The van der Waals surface area contributed by atoms with E-state index < -0.39 is 0 Å². The van der Waals surface area contributed by atoms with Crippen LogP contribution in [0.15, 0.2) is 11.4 Å². The van der Waals surface area contributed by atoms with E-state index in [1.54, 1.807) is 0 Å². The Morgan fingerprint density at radius 2 is 2.47 bits per heavy atom. The summed E-state index contributed by atoms with van der Waals surface area (Å²) in [5.41, 5.74) is 1.51. The molecular weight excluding hydrogens is 248 g/mol. The zero-order chi connectivity index (χ0) is 11.9. The summed E-state index contributed by atoms with van der Waals surface area (Å²) in [7, 11) is 0. The normalized spacial score (nSPS) is 20.6. The Hall–Kier alpha value is -0.0300. The maximum Gasteiger partial charge on any atom is 0.0302 e. The van der Waals surface area contributed by atoms with E-state index in [1.165, 1.54) is 34.9 Å². The molecule has 1 unspecified atom stereocenters. The highest BCUT2D eigenvalue weighted by Crippen LogP contribution is 2.17. The fourth-order valence-corrected chi connectivity index (χ4v) is 4.06. The molecule has 2 rings (SSSR count). The first kappa shape index (κ1) is 13.4. The Balaban J connectivity index is 1.62. The number of thiophene rings is 1. The molecule has 0 aromatic carbocycles. The first-order valence-electron chi connectivity index (χ1n) is 6.47. The molecule has 0 bridgehead atoms. The van der Waals surface area contributed by atoms with Gasteiger partial charge in [-0.05, 0) is 36.4 Å². The van der Waals surface area contributed by atoms with Crippen molar-refractivity contribution in [2.45, 2.75) is 32.4 Å². The van der Waals surface area contributed by atoms with Gasteiger partial charge in [0.1, 0.15) is 0 Å². The molecule has 0 amide bonds. The van der Waals surface area contributed by atoms with Crippen molar-refractivity contribution in [2.75, 3.05) is 24.6 Å². The smallest absolute Gasteiger partial charge is 0.0302 e. The number of rotatable bonds is 6. The highest BCUT2D eigenvalue weighted by Gasteiger charge is 2.11. The van der Waals surface area contributed by atoms with Gasteiger partial charge in [0.2, 0.25) is 0 Å². The molecule has 0 radical (unpaired) electrons. The van der Waals surface area contributed by atoms with Crippen LogP contribution in [0.1, 0.15) is 23.8 Å². The van der Waals surface area contributed by atoms with E-state index in [-0.39, 0.29) is 0 Å². The predicted molar refractivity (Wildman–Crippen MR) is 79.1 cm³/mol. The van der Waals surface area contributed by atoms with Gasteiger partial charge < -0.3 is 10.6 Å². The van der Waals surface area contributed by atoms with Crippen LogP contribution in [0.2, 0.25) is 0 Å². The third-order valence-electron chi connectivity index (χ3n) is 3.17. The number of hydrogen-bond acceptors (Lipinski definition) is 4. The van der Waals surface area contributed by atoms with Gasteiger partial charge in [-0.1, -0.05) is 6.92 Å². The number of thioether (sulfide) groups is 1. The third kappa shape index (κ3) is 4.28. The molecule has 4 heteroatoms. The molecule has 17 heavy (non-hydrogen) atoms. The Bertz CT molecular complexity index is 319. The van der Waals surface area contributed by atoms with E-state index in [0.29, 0.717) is 0 Å². The summed E-state index contributed by atoms with van der Waals surface area (Å²) in [4.78, 5) is 1.51. The summed E-state index contributed by atoms with van der Waals surface area (Å²) < 4.78 is 0. The molecule has 2 N–H and O–H groups in total. The second kappa shape index (κ2) is 7.41. The standard InChI is InChI=1S/C13H22N2S2/c1-2-11-4-7-17-13(11)9-14-5-3-12-10-16-8-6-15-12/h4,7,12,14-15H,2-3,5-6,8-10H2,1H3. The van der Waals surface area contributed by atoms with Gasteiger partial charge in [-0.3, -0.25) is 0 Å². The highest BCUT2D eigenvalue weighted by molar-refractivity contribution is 7.99. The van der Waals surface area contributed by atoms with Crippen LogP contribution in [0, 0.1) is 0 Å². The molecule has 0 saturated carbocycles. The number of nitrogens with one attached hydrogen (secondary N) is 2. The second-order valence-electron chi connectivity index (χ2n) is 4.41. The topological polar surface area (TPSA) is 24.1 Å². The lowest BCUT2D eigenvalue weighted by Crippen LogP contribution is -2.39. The monoisotopic (exact) mass is 270 g/mol. The summed E-state index contributed by atoms with van der Waals surface area (Å²) in [5, 5.41) is 9.35. The average Bonchev–Trinajstić information content (AvgIpc) is 2.83. The van der Waals surface area contributed by atoms with E-state index in [0.717, 1.165) is 25.6 Å². The molecule has 96 valence electrons. The summed E-state index contributed by atoms with van der Waals surface area (Å²) in [6.07, 6.45) is 2.40. The quantitative estimate of drug-likeness (QED) is 0.777. The van der Waals surface area contributed by atoms with Gasteiger partial charge in [-0.2, -0.15) is 11.8 Å². The number of aryl methyl sites for hydroxylation is 1. The van der Waals surface area contributed by atoms with Crippen LogP contribution in [0.25, 0.3) is 0 Å². The Morgan fingerprint density at radius 1 is 1.53 bits per heavy atom. The fourth-order valence-electron chi connectivity index (χ4n) is 2.12. The molecule has 2 nitrogen and oxygen atoms in total. The van der Waals surface area contributed by atoms with Gasteiger partial charge >= 0.3 is 0 Å². The molecule has 0 spiro atoms. The fraction of sp³-hybridized carbons (Fsp3) is 0.692. The van der Waals surface area contributed by atoms with Crippen LogP contribution in [-0.4, -0.2) is 30.6 Å². The summed E-state index contributed by atoms with van der Waals surface area (Å²) >= 11 is 3.95. The van der Waals surface area contributed by atoms with Crippen molar-refractivity contribution in [1.82, 2.24) is 10.6 Å². The van der Waals surface area contributed by atoms with E-state index in [9.17, 15) is 0 Å². The van der Waals surface area contributed by atoms with Gasteiger partial charge in [0.15, 0.2) is 0 Å². The zero-order valence-corrected chi connectivity index (χ0v) is 12.1. The van der Waals surface area contributed by atoms with Crippen molar-refractivity contribution in [2.24, 2.45) is 0 Å². The van der Waals surface area contributed by atoms with Gasteiger partial charge in [-0.15, -0.1) is 11.3 Å². The summed E-state index contributed by atoms with van der Waals surface area (Å²) in [5.74, 6) is 2.56. The van der Waals surface area contributed by atoms with Crippen LogP contribution in [-0.2, 0) is 13.0 Å². The van der Waals surface area contributed by atoms with Gasteiger partial charge in [0.25, 0.3) is 0 Å². The average molecular weight is 270 g/mol. The SMILES string of the molecule is CCc1ccsc1CNCCC1CSCCN1. The minimum absolute atomic E-state index is 0.718. The van der Waals surface area contributed by atoms with Crippen LogP contribution in [0.5, 0.6) is 0 Å². The molecular formula is C13H22N2S2. The number of hydrogen-bond donors (Lipinski definition) is 2. The molecule has 2 heterocycles. The van der Waals surface area contributed by atoms with Crippen LogP contribution < -0.4 is 10.6 Å². The molecule has 1 aliphatic rings. The van der Waals surface area contributed by atoms with Crippen molar-refractivity contribution in [1.29, 1.82) is 0 Å². The molecule has 1 aromatic rings. The Labute approximate surface area is 113 Å². The van der Waals surface area contributed by atoms with Gasteiger partial charge in [0, 0.05) is 35.5 Å². The predicted octanol–water partition coefficient (Wildman–Crippen LogP) is 2.50. The van der Waals surface area contributed by atoms with E-state index in [1.807, 2.05) is 11.3 Å². The molecule has 1 saturated heterocycles. The minimum Gasteiger partial charge on any atom is -0.312 e. The zero-order valence-electron chi connectivity index (χ0n) is 10.5. The first-order valence-corrected chi connectivity index (χ1v) is 8.50. The summed E-state index contributed by atoms with van der Waals surface area (Å²) in [6, 6.07) is 2.97. The van der Waals surface area contributed by atoms with Crippen molar-refractivity contribution < 1.29 is 0 Å². The van der Waals surface area contributed by atoms with E-state index in [2.05, 4.69) is 40.8 Å². The van der Waals surface area contributed by atoms with E-state index >= 15 is 0 Å². The lowest BCUT2D eigenvalue weighted by molar-refractivity contribution is 0.504. The lowest BCUT2D eigenvalue weighted by atomic mass is 10.2. The van der Waals surface area contributed by atoms with Crippen LogP contribution >= 0.6 is 23.1 Å². The third-order valence-corrected chi connectivity index (χ3v) is 5.27. The summed E-state index contributed by atoms with van der Waals surface area (Å²) in [6.45, 7) is 5.58. The van der Waals surface area contributed by atoms with Gasteiger partial charge in [-0.25, -0.2) is 0 Å². The first-order chi connectivity index (χ1) is 8.40. The van der Waals surface area contributed by atoms with Crippen molar-refractivity contribution >= 4 is 23.1 Å². The van der Waals surface area contributed by atoms with Crippen molar-refractivity contribution in [3.05, 3.63) is 21.9 Å². The highest BCUT2D eigenvalue weighted by atomic mass is 32.2. The van der Waals surface area contributed by atoms with Crippen LogP contribution in [0.4, 0.5) is 0 Å². The molecule has 0 aliphatic carbocycles. The molecule has 1 fully saturated rings. The molecule has 1 aromatic heterocycles. The Kier molecular flexibility index (Phi) is 5.85. The van der Waals surface area contributed by atoms with Gasteiger partial charge in [0.05, 0.1) is 0 Å². The second-order valence-corrected chi connectivity index (χ2v) is 6.56. The maximum atomic E-state index is 3.58. The molecule has 1 atom stereocenters. The van der Waals surface area contributed by atoms with E-state index in [4.69, 9.17) is 0 Å². The minimum atomic E-state index is 0.718. The van der Waals surface area contributed by atoms with Crippen molar-refractivity contribution in [3.8, 4) is 0 Å². The molecule has 1 aliphatic heterocycles.